The lowest BCUT2D eigenvalue weighted by Crippen LogP contribution is -2.35. The van der Waals surface area contributed by atoms with E-state index in [1.165, 1.54) is 0 Å². The van der Waals surface area contributed by atoms with Gasteiger partial charge in [-0.15, -0.1) is 10.2 Å². The van der Waals surface area contributed by atoms with Crippen LogP contribution in [0.3, 0.4) is 0 Å². The minimum absolute atomic E-state index is 0.315. The van der Waals surface area contributed by atoms with E-state index in [-0.39, 0.29) is 0 Å². The highest BCUT2D eigenvalue weighted by molar-refractivity contribution is 5.44. The average molecular weight is 273 g/mol. The predicted octanol–water partition coefficient (Wildman–Crippen LogP) is 1.10. The van der Waals surface area contributed by atoms with Crippen molar-refractivity contribution >= 4 is 11.8 Å². The second-order valence-corrected chi connectivity index (χ2v) is 5.43. The third kappa shape index (κ3) is 2.19. The van der Waals surface area contributed by atoms with Crippen LogP contribution in [0.4, 0.5) is 11.8 Å². The van der Waals surface area contributed by atoms with Crippen molar-refractivity contribution in [1.82, 2.24) is 24.7 Å². The first-order valence-electron chi connectivity index (χ1n) is 6.82. The second kappa shape index (κ2) is 4.73. The summed E-state index contributed by atoms with van der Waals surface area (Å²) in [5, 5.41) is 8.58. The van der Waals surface area contributed by atoms with Gasteiger partial charge >= 0.3 is 0 Å². The van der Waals surface area contributed by atoms with Gasteiger partial charge in [-0.1, -0.05) is 13.8 Å². The van der Waals surface area contributed by atoms with Gasteiger partial charge in [0.25, 0.3) is 0 Å². The largest absolute Gasteiger partial charge is 0.368 e. The summed E-state index contributed by atoms with van der Waals surface area (Å²) in [5.41, 5.74) is 6.60. The number of hydrogen-bond donors (Lipinski definition) is 1. The van der Waals surface area contributed by atoms with E-state index >= 15 is 0 Å². The van der Waals surface area contributed by atoms with Crippen molar-refractivity contribution in [3.8, 4) is 0 Å². The molecule has 7 heteroatoms. The molecule has 3 rings (SSSR count). The van der Waals surface area contributed by atoms with Crippen molar-refractivity contribution in [2.45, 2.75) is 39.8 Å². The van der Waals surface area contributed by atoms with Gasteiger partial charge in [0, 0.05) is 30.8 Å². The first-order valence-corrected chi connectivity index (χ1v) is 6.82. The molecule has 0 bridgehead atoms. The van der Waals surface area contributed by atoms with Gasteiger partial charge in [0.15, 0.2) is 5.82 Å². The van der Waals surface area contributed by atoms with E-state index in [0.29, 0.717) is 18.4 Å². The van der Waals surface area contributed by atoms with Gasteiger partial charge in [-0.2, -0.15) is 4.98 Å². The molecule has 0 aliphatic carbocycles. The molecule has 0 saturated heterocycles. The fraction of sp³-hybridized carbons (Fsp3) is 0.538. The highest BCUT2D eigenvalue weighted by Gasteiger charge is 2.23. The third-order valence-corrected chi connectivity index (χ3v) is 3.48. The number of hydrogen-bond acceptors (Lipinski definition) is 6. The first kappa shape index (κ1) is 12.8. The van der Waals surface area contributed by atoms with Gasteiger partial charge in [0.05, 0.1) is 6.54 Å². The Bertz CT molecular complexity index is 611. The molecule has 0 atom stereocenters. The molecule has 0 amide bonds. The quantitative estimate of drug-likeness (QED) is 0.882. The molecule has 2 N–H and O–H groups in total. The van der Waals surface area contributed by atoms with Gasteiger partial charge in [-0.25, -0.2) is 4.98 Å². The summed E-state index contributed by atoms with van der Waals surface area (Å²) in [4.78, 5) is 10.6. The number of rotatable bonds is 2. The van der Waals surface area contributed by atoms with Gasteiger partial charge in [0.1, 0.15) is 11.6 Å². The summed E-state index contributed by atoms with van der Waals surface area (Å²) in [7, 11) is 0. The molecule has 106 valence electrons. The highest BCUT2D eigenvalue weighted by atomic mass is 15.4. The third-order valence-electron chi connectivity index (χ3n) is 3.48. The van der Waals surface area contributed by atoms with Crippen LogP contribution in [-0.2, 0) is 13.1 Å². The molecule has 0 fully saturated rings. The summed E-state index contributed by atoms with van der Waals surface area (Å²) in [5.74, 6) is 3.60. The van der Waals surface area contributed by atoms with E-state index in [1.807, 2.05) is 13.0 Å². The minimum atomic E-state index is 0.315. The predicted molar refractivity (Wildman–Crippen MR) is 76.3 cm³/mol. The van der Waals surface area contributed by atoms with Gasteiger partial charge in [-0.05, 0) is 6.92 Å². The minimum Gasteiger partial charge on any atom is -0.368 e. The van der Waals surface area contributed by atoms with Crippen LogP contribution in [0.5, 0.6) is 0 Å². The summed E-state index contributed by atoms with van der Waals surface area (Å²) in [6.07, 6.45) is 0. The molecule has 20 heavy (non-hydrogen) atoms. The number of nitrogens with two attached hydrogens (primary N) is 1. The van der Waals surface area contributed by atoms with Crippen LogP contribution >= 0.6 is 0 Å². The molecule has 0 radical (unpaired) electrons. The van der Waals surface area contributed by atoms with Gasteiger partial charge < -0.3 is 15.2 Å². The Balaban J connectivity index is 1.89. The number of aryl methyl sites for hydroxylation is 1. The van der Waals surface area contributed by atoms with Crippen LogP contribution < -0.4 is 10.6 Å². The lowest BCUT2D eigenvalue weighted by molar-refractivity contribution is 0.529. The Hall–Kier alpha value is -2.18. The van der Waals surface area contributed by atoms with Crippen LogP contribution in [0.25, 0.3) is 0 Å². The smallest absolute Gasteiger partial charge is 0.222 e. The maximum absolute atomic E-state index is 5.72. The van der Waals surface area contributed by atoms with Gasteiger partial charge in [-0.3, -0.25) is 0 Å². The number of fused-ring (bicyclic) bond motifs is 1. The number of anilines is 2. The van der Waals surface area contributed by atoms with Crippen molar-refractivity contribution in [2.75, 3.05) is 17.2 Å². The molecular formula is C13H19N7. The van der Waals surface area contributed by atoms with Crippen LogP contribution in [-0.4, -0.2) is 31.3 Å². The molecule has 1 aliphatic rings. The van der Waals surface area contributed by atoms with Crippen LogP contribution in [0.1, 0.15) is 37.1 Å². The topological polar surface area (TPSA) is 85.8 Å². The summed E-state index contributed by atoms with van der Waals surface area (Å²) < 4.78 is 2.21. The molecule has 7 nitrogen and oxygen atoms in total. The summed E-state index contributed by atoms with van der Waals surface area (Å²) in [6, 6.07) is 1.95. The zero-order valence-corrected chi connectivity index (χ0v) is 12.0. The number of nitrogen functional groups attached to an aromatic ring is 1. The summed E-state index contributed by atoms with van der Waals surface area (Å²) in [6.45, 7) is 8.65. The monoisotopic (exact) mass is 273 g/mol. The molecular weight excluding hydrogens is 254 g/mol. The number of aromatic nitrogens is 5. The Kier molecular flexibility index (Phi) is 3.04. The second-order valence-electron chi connectivity index (χ2n) is 5.43. The molecule has 1 aliphatic heterocycles. The van der Waals surface area contributed by atoms with Crippen molar-refractivity contribution in [3.05, 3.63) is 23.4 Å². The van der Waals surface area contributed by atoms with Gasteiger partial charge in [0.2, 0.25) is 5.95 Å². The first-order chi connectivity index (χ1) is 9.54. The lowest BCUT2D eigenvalue weighted by atomic mass is 10.2. The van der Waals surface area contributed by atoms with Crippen molar-refractivity contribution < 1.29 is 0 Å². The maximum Gasteiger partial charge on any atom is 0.222 e. The summed E-state index contributed by atoms with van der Waals surface area (Å²) >= 11 is 0. The Morgan fingerprint density at radius 1 is 1.20 bits per heavy atom. The molecule has 2 aromatic heterocycles. The molecule has 0 aromatic carbocycles. The molecule has 0 saturated carbocycles. The zero-order chi connectivity index (χ0) is 14.3. The fourth-order valence-electron chi connectivity index (χ4n) is 2.54. The molecule has 3 heterocycles. The Morgan fingerprint density at radius 3 is 2.70 bits per heavy atom. The van der Waals surface area contributed by atoms with E-state index in [9.17, 15) is 0 Å². The maximum atomic E-state index is 5.72. The zero-order valence-electron chi connectivity index (χ0n) is 12.0. The standard InChI is InChI=1S/C13H19N7/c1-8(2)12-18-17-11-7-19(4-5-20(11)12)10-6-9(3)15-13(14)16-10/h6,8H,4-5,7H2,1-3H3,(H2,14,15,16). The Morgan fingerprint density at radius 2 is 2.00 bits per heavy atom. The van der Waals surface area contributed by atoms with Crippen LogP contribution in [0.15, 0.2) is 6.07 Å². The number of nitrogens with zero attached hydrogens (tertiary/aromatic N) is 6. The SMILES string of the molecule is Cc1cc(N2CCn3c(nnc3C(C)C)C2)nc(N)n1. The van der Waals surface area contributed by atoms with Crippen LogP contribution in [0, 0.1) is 6.92 Å². The van der Waals surface area contributed by atoms with E-state index in [2.05, 4.69) is 43.5 Å². The van der Waals surface area contributed by atoms with E-state index in [1.54, 1.807) is 0 Å². The average Bonchev–Trinajstić information content (AvgIpc) is 2.80. The van der Waals surface area contributed by atoms with E-state index in [0.717, 1.165) is 36.3 Å². The lowest BCUT2D eigenvalue weighted by Gasteiger charge is -2.29. The highest BCUT2D eigenvalue weighted by Crippen LogP contribution is 2.22. The molecule has 0 unspecified atom stereocenters. The van der Waals surface area contributed by atoms with E-state index < -0.39 is 0 Å². The molecule has 2 aromatic rings. The van der Waals surface area contributed by atoms with Crippen molar-refractivity contribution in [2.24, 2.45) is 0 Å². The Labute approximate surface area is 117 Å². The van der Waals surface area contributed by atoms with E-state index in [4.69, 9.17) is 5.73 Å². The van der Waals surface area contributed by atoms with Crippen molar-refractivity contribution in [3.63, 3.8) is 0 Å². The normalized spacial score (nSPS) is 14.7. The van der Waals surface area contributed by atoms with Crippen molar-refractivity contribution in [1.29, 1.82) is 0 Å². The van der Waals surface area contributed by atoms with Crippen LogP contribution in [0.2, 0.25) is 0 Å². The fourth-order valence-corrected chi connectivity index (χ4v) is 2.54. The molecule has 0 spiro atoms.